The van der Waals surface area contributed by atoms with Crippen LogP contribution in [0.5, 0.6) is 11.6 Å². The van der Waals surface area contributed by atoms with Gasteiger partial charge in [0.15, 0.2) is 5.82 Å². The molecule has 2 heterocycles. The van der Waals surface area contributed by atoms with E-state index in [1.807, 2.05) is 0 Å². The molecule has 0 saturated carbocycles. The Labute approximate surface area is 165 Å². The van der Waals surface area contributed by atoms with Gasteiger partial charge in [-0.25, -0.2) is 23.8 Å². The lowest BCUT2D eigenvalue weighted by Gasteiger charge is -2.09. The predicted molar refractivity (Wildman–Crippen MR) is 105 cm³/mol. The van der Waals surface area contributed by atoms with Crippen LogP contribution in [0.4, 0.5) is 20.6 Å². The number of aromatic nitrogens is 4. The Balaban J connectivity index is 1.37. The van der Waals surface area contributed by atoms with Gasteiger partial charge in [0.2, 0.25) is 5.88 Å². The van der Waals surface area contributed by atoms with Crippen LogP contribution in [0, 0.1) is 5.82 Å². The molecule has 0 saturated heterocycles. The van der Waals surface area contributed by atoms with Crippen molar-refractivity contribution in [2.75, 3.05) is 10.6 Å². The molecule has 0 atom stereocenters. The number of amides is 2. The van der Waals surface area contributed by atoms with E-state index in [2.05, 4.69) is 25.7 Å². The molecule has 4 rings (SSSR count). The van der Waals surface area contributed by atoms with Crippen LogP contribution in [0.1, 0.15) is 0 Å². The van der Waals surface area contributed by atoms with Gasteiger partial charge in [-0.3, -0.25) is 0 Å². The van der Waals surface area contributed by atoms with Gasteiger partial charge in [0.25, 0.3) is 0 Å². The smallest absolute Gasteiger partial charge is 0.323 e. The van der Waals surface area contributed by atoms with Crippen LogP contribution in [0.15, 0.2) is 79.4 Å². The fraction of sp³-hybridized carbons (Fsp3) is 0. The zero-order valence-electron chi connectivity index (χ0n) is 15.0. The van der Waals surface area contributed by atoms with Crippen molar-refractivity contribution in [1.29, 1.82) is 0 Å². The molecule has 2 aromatic heterocycles. The Hall–Kier alpha value is -4.27. The van der Waals surface area contributed by atoms with E-state index in [0.29, 0.717) is 28.8 Å². The van der Waals surface area contributed by atoms with Crippen molar-refractivity contribution in [3.63, 3.8) is 0 Å². The molecule has 9 heteroatoms. The fourth-order valence-electron chi connectivity index (χ4n) is 2.47. The summed E-state index contributed by atoms with van der Waals surface area (Å²) in [5.41, 5.74) is 1.05. The molecule has 144 valence electrons. The first-order chi connectivity index (χ1) is 14.2. The fourth-order valence-corrected chi connectivity index (χ4v) is 2.47. The summed E-state index contributed by atoms with van der Waals surface area (Å²) in [7, 11) is 0. The van der Waals surface area contributed by atoms with Gasteiger partial charge >= 0.3 is 6.03 Å². The molecule has 0 spiro atoms. The number of anilines is 2. The van der Waals surface area contributed by atoms with E-state index in [9.17, 15) is 9.18 Å². The van der Waals surface area contributed by atoms with Crippen LogP contribution in [-0.2, 0) is 0 Å². The maximum atomic E-state index is 12.9. The average Bonchev–Trinajstić information content (AvgIpc) is 3.26. The highest BCUT2D eigenvalue weighted by Gasteiger charge is 2.06. The minimum atomic E-state index is -0.440. The van der Waals surface area contributed by atoms with Crippen molar-refractivity contribution in [3.8, 4) is 17.4 Å². The maximum absolute atomic E-state index is 12.9. The number of rotatable bonds is 5. The number of hydrogen-bond acceptors (Lipinski definition) is 5. The summed E-state index contributed by atoms with van der Waals surface area (Å²) in [4.78, 5) is 20.3. The van der Waals surface area contributed by atoms with E-state index in [0.717, 1.165) is 0 Å². The van der Waals surface area contributed by atoms with E-state index >= 15 is 0 Å². The molecule has 8 nitrogen and oxygen atoms in total. The third-order valence-electron chi connectivity index (χ3n) is 3.80. The van der Waals surface area contributed by atoms with E-state index in [1.165, 1.54) is 30.6 Å². The third-order valence-corrected chi connectivity index (χ3v) is 3.80. The van der Waals surface area contributed by atoms with Gasteiger partial charge in [-0.1, -0.05) is 0 Å². The summed E-state index contributed by atoms with van der Waals surface area (Å²) in [5, 5.41) is 9.42. The van der Waals surface area contributed by atoms with Crippen LogP contribution in [0.3, 0.4) is 0 Å². The number of hydrogen-bond donors (Lipinski definition) is 2. The minimum absolute atomic E-state index is 0.361. The molecule has 0 unspecified atom stereocenters. The van der Waals surface area contributed by atoms with Gasteiger partial charge in [-0.15, -0.1) is 0 Å². The molecule has 29 heavy (non-hydrogen) atoms. The van der Waals surface area contributed by atoms with Crippen LogP contribution in [0.2, 0.25) is 0 Å². The molecule has 0 bridgehead atoms. The highest BCUT2D eigenvalue weighted by Crippen LogP contribution is 2.22. The first-order valence-corrected chi connectivity index (χ1v) is 8.59. The van der Waals surface area contributed by atoms with E-state index in [-0.39, 0.29) is 5.82 Å². The molecule has 2 amide bonds. The molecular weight excluding hydrogens is 375 g/mol. The number of nitrogens with zero attached hydrogens (tertiary/aromatic N) is 4. The van der Waals surface area contributed by atoms with Crippen LogP contribution < -0.4 is 15.4 Å². The normalized spacial score (nSPS) is 10.4. The van der Waals surface area contributed by atoms with Gasteiger partial charge in [-0.05, 0) is 54.6 Å². The number of urea groups is 1. The largest absolute Gasteiger partial charge is 0.439 e. The number of carbonyl (C=O) groups is 1. The summed E-state index contributed by atoms with van der Waals surface area (Å²) < 4.78 is 20.2. The lowest BCUT2D eigenvalue weighted by Crippen LogP contribution is -2.19. The van der Waals surface area contributed by atoms with Gasteiger partial charge in [0.1, 0.15) is 17.9 Å². The summed E-state index contributed by atoms with van der Waals surface area (Å²) in [5.74, 6) is 1.11. The van der Waals surface area contributed by atoms with Crippen molar-refractivity contribution in [2.24, 2.45) is 0 Å². The molecule has 0 radical (unpaired) electrons. The number of nitrogens with one attached hydrogen (secondary N) is 2. The monoisotopic (exact) mass is 390 g/mol. The zero-order chi connectivity index (χ0) is 20.1. The molecule has 4 aromatic rings. The SMILES string of the molecule is O=C(Nc1ccc(F)cc1)Nc1ccc(Oc2cc(-n3cccn3)ncn2)cc1. The second-order valence-corrected chi connectivity index (χ2v) is 5.88. The standard InChI is InChI=1S/C20H15FN6O2/c21-14-2-4-15(5-3-14)25-20(28)26-16-6-8-17(9-7-16)29-19-12-18(22-13-23-19)27-11-1-10-24-27/h1-13H,(H2,25,26,28). The van der Waals surface area contributed by atoms with Gasteiger partial charge in [-0.2, -0.15) is 5.10 Å². The van der Waals surface area contributed by atoms with E-state index < -0.39 is 6.03 Å². The Bertz CT molecular complexity index is 1100. The molecule has 0 aliphatic heterocycles. The second kappa shape index (κ2) is 8.17. The van der Waals surface area contributed by atoms with Gasteiger partial charge in [0, 0.05) is 29.8 Å². The summed E-state index contributed by atoms with van der Waals surface area (Å²) in [6.07, 6.45) is 4.81. The Morgan fingerprint density at radius 1 is 0.966 bits per heavy atom. The molecule has 2 N–H and O–H groups in total. The molecular formula is C20H15FN6O2. The highest BCUT2D eigenvalue weighted by molar-refractivity contribution is 5.99. The Morgan fingerprint density at radius 2 is 1.66 bits per heavy atom. The molecule has 0 aliphatic carbocycles. The maximum Gasteiger partial charge on any atom is 0.323 e. The van der Waals surface area contributed by atoms with Crippen molar-refractivity contribution in [1.82, 2.24) is 19.7 Å². The average molecular weight is 390 g/mol. The van der Waals surface area contributed by atoms with Crippen molar-refractivity contribution in [3.05, 3.63) is 85.2 Å². The van der Waals surface area contributed by atoms with Gasteiger partial charge < -0.3 is 15.4 Å². The molecule has 0 fully saturated rings. The topological polar surface area (TPSA) is 94.0 Å². The number of ether oxygens (including phenoxy) is 1. The lowest BCUT2D eigenvalue weighted by atomic mass is 10.3. The second-order valence-electron chi connectivity index (χ2n) is 5.88. The molecule has 0 aliphatic rings. The zero-order valence-corrected chi connectivity index (χ0v) is 15.0. The number of benzene rings is 2. The van der Waals surface area contributed by atoms with Crippen LogP contribution in [0.25, 0.3) is 5.82 Å². The number of carbonyl (C=O) groups excluding carboxylic acids is 1. The van der Waals surface area contributed by atoms with Crippen LogP contribution in [-0.4, -0.2) is 25.8 Å². The Morgan fingerprint density at radius 3 is 2.31 bits per heavy atom. The van der Waals surface area contributed by atoms with Crippen molar-refractivity contribution >= 4 is 17.4 Å². The lowest BCUT2D eigenvalue weighted by molar-refractivity contribution is 0.262. The quantitative estimate of drug-likeness (QED) is 0.532. The minimum Gasteiger partial charge on any atom is -0.439 e. The summed E-state index contributed by atoms with van der Waals surface area (Å²) in [6, 6.07) is 15.3. The van der Waals surface area contributed by atoms with E-state index in [1.54, 1.807) is 53.5 Å². The first-order valence-electron chi connectivity index (χ1n) is 8.59. The summed E-state index contributed by atoms with van der Waals surface area (Å²) in [6.45, 7) is 0. The van der Waals surface area contributed by atoms with E-state index in [4.69, 9.17) is 4.74 Å². The van der Waals surface area contributed by atoms with Gasteiger partial charge in [0.05, 0.1) is 0 Å². The van der Waals surface area contributed by atoms with Crippen LogP contribution >= 0.6 is 0 Å². The number of halogens is 1. The Kier molecular flexibility index (Phi) is 5.10. The predicted octanol–water partition coefficient (Wildman–Crippen LogP) is 4.24. The third kappa shape index (κ3) is 4.72. The first kappa shape index (κ1) is 18.1. The summed E-state index contributed by atoms with van der Waals surface area (Å²) >= 11 is 0. The van der Waals surface area contributed by atoms with Crippen molar-refractivity contribution in [2.45, 2.75) is 0 Å². The molecule has 2 aromatic carbocycles. The highest BCUT2D eigenvalue weighted by atomic mass is 19.1. The van der Waals surface area contributed by atoms with Crippen molar-refractivity contribution < 1.29 is 13.9 Å².